The Morgan fingerprint density at radius 1 is 1.12 bits per heavy atom. The van der Waals surface area contributed by atoms with Gasteiger partial charge in [-0.3, -0.25) is 20.4 Å². The molecule has 0 saturated carbocycles. The summed E-state index contributed by atoms with van der Waals surface area (Å²) < 4.78 is 11.2. The van der Waals surface area contributed by atoms with Gasteiger partial charge in [-0.15, -0.1) is 0 Å². The standard InChI is InChI=1S/C19H19ClN2O4/c20-17-9-2-1-8-16(17)19(24)22-21-18(23)13-5-3-6-14(11-13)26-12-15-7-4-10-25-15/h1-3,5-6,8-9,11,15H,4,7,10,12H2,(H,21,23)(H,22,24). The summed E-state index contributed by atoms with van der Waals surface area (Å²) in [6.45, 7) is 1.22. The van der Waals surface area contributed by atoms with E-state index in [4.69, 9.17) is 21.1 Å². The van der Waals surface area contributed by atoms with E-state index in [-0.39, 0.29) is 11.7 Å². The summed E-state index contributed by atoms with van der Waals surface area (Å²) in [5.74, 6) is -0.367. The van der Waals surface area contributed by atoms with E-state index in [9.17, 15) is 9.59 Å². The monoisotopic (exact) mass is 374 g/mol. The second kappa shape index (κ2) is 8.69. The minimum atomic E-state index is -0.491. The van der Waals surface area contributed by atoms with Gasteiger partial charge in [0, 0.05) is 12.2 Å². The Labute approximate surface area is 156 Å². The smallest absolute Gasteiger partial charge is 0.271 e. The first-order valence-electron chi connectivity index (χ1n) is 8.33. The van der Waals surface area contributed by atoms with Crippen LogP contribution in [0.3, 0.4) is 0 Å². The minimum Gasteiger partial charge on any atom is -0.491 e. The van der Waals surface area contributed by atoms with Gasteiger partial charge in [0.05, 0.1) is 16.7 Å². The van der Waals surface area contributed by atoms with Crippen LogP contribution in [0.1, 0.15) is 33.6 Å². The summed E-state index contributed by atoms with van der Waals surface area (Å²) in [5, 5.41) is 0.309. The first kappa shape index (κ1) is 18.2. The van der Waals surface area contributed by atoms with Crippen molar-refractivity contribution in [3.05, 3.63) is 64.7 Å². The van der Waals surface area contributed by atoms with Crippen molar-refractivity contribution in [3.8, 4) is 5.75 Å². The summed E-state index contributed by atoms with van der Waals surface area (Å²) in [6, 6.07) is 13.3. The number of carbonyl (C=O) groups is 2. The van der Waals surface area contributed by atoms with Crippen LogP contribution in [-0.2, 0) is 4.74 Å². The Balaban J connectivity index is 1.55. The van der Waals surface area contributed by atoms with Crippen LogP contribution in [0, 0.1) is 0 Å². The predicted molar refractivity (Wildman–Crippen MR) is 97.3 cm³/mol. The molecule has 1 fully saturated rings. The molecule has 26 heavy (non-hydrogen) atoms. The van der Waals surface area contributed by atoms with Gasteiger partial charge in [-0.05, 0) is 43.2 Å². The highest BCUT2D eigenvalue weighted by molar-refractivity contribution is 6.33. The zero-order valence-corrected chi connectivity index (χ0v) is 14.8. The average Bonchev–Trinajstić information content (AvgIpc) is 3.18. The van der Waals surface area contributed by atoms with Gasteiger partial charge < -0.3 is 9.47 Å². The Morgan fingerprint density at radius 3 is 2.69 bits per heavy atom. The molecule has 0 spiro atoms. The molecule has 2 N–H and O–H groups in total. The molecular weight excluding hydrogens is 356 g/mol. The van der Waals surface area contributed by atoms with Crippen LogP contribution in [0.25, 0.3) is 0 Å². The summed E-state index contributed by atoms with van der Waals surface area (Å²) in [6.07, 6.45) is 2.12. The SMILES string of the molecule is O=C(NNC(=O)c1ccccc1Cl)c1cccc(OCC2CCCO2)c1. The lowest BCUT2D eigenvalue weighted by Gasteiger charge is -2.12. The molecule has 7 heteroatoms. The fraction of sp³-hybridized carbons (Fsp3) is 0.263. The van der Waals surface area contributed by atoms with Gasteiger partial charge >= 0.3 is 0 Å². The Bertz CT molecular complexity index is 791. The fourth-order valence-corrected chi connectivity index (χ4v) is 2.81. The molecule has 1 saturated heterocycles. The van der Waals surface area contributed by atoms with Crippen LogP contribution in [0.5, 0.6) is 5.75 Å². The Kier molecular flexibility index (Phi) is 6.09. The second-order valence-electron chi connectivity index (χ2n) is 5.86. The summed E-state index contributed by atoms with van der Waals surface area (Å²) in [4.78, 5) is 24.3. The number of hydrazine groups is 1. The molecule has 1 aliphatic heterocycles. The third-order valence-electron chi connectivity index (χ3n) is 3.96. The summed E-state index contributed by atoms with van der Waals surface area (Å²) in [5.41, 5.74) is 5.37. The number of hydrogen-bond acceptors (Lipinski definition) is 4. The quantitative estimate of drug-likeness (QED) is 0.789. The van der Waals surface area contributed by atoms with Crippen molar-refractivity contribution in [2.75, 3.05) is 13.2 Å². The maximum Gasteiger partial charge on any atom is 0.271 e. The molecule has 0 aliphatic carbocycles. The van der Waals surface area contributed by atoms with Gasteiger partial charge in [0.2, 0.25) is 0 Å². The normalized spacial score (nSPS) is 16.1. The number of carbonyl (C=O) groups excluding carboxylic acids is 2. The lowest BCUT2D eigenvalue weighted by Crippen LogP contribution is -2.41. The second-order valence-corrected chi connectivity index (χ2v) is 6.27. The molecule has 1 aliphatic rings. The maximum absolute atomic E-state index is 12.2. The first-order chi connectivity index (χ1) is 12.6. The van der Waals surface area contributed by atoms with E-state index >= 15 is 0 Å². The first-order valence-corrected chi connectivity index (χ1v) is 8.71. The molecule has 2 amide bonds. The van der Waals surface area contributed by atoms with E-state index in [0.717, 1.165) is 19.4 Å². The van der Waals surface area contributed by atoms with E-state index in [1.165, 1.54) is 0 Å². The molecule has 2 aromatic carbocycles. The Morgan fingerprint density at radius 2 is 1.92 bits per heavy atom. The number of benzene rings is 2. The molecule has 0 aromatic heterocycles. The van der Waals surface area contributed by atoms with Gasteiger partial charge in [-0.25, -0.2) is 0 Å². The van der Waals surface area contributed by atoms with Crippen LogP contribution >= 0.6 is 11.6 Å². The van der Waals surface area contributed by atoms with Crippen molar-refractivity contribution in [1.29, 1.82) is 0 Å². The van der Waals surface area contributed by atoms with Crippen molar-refractivity contribution in [1.82, 2.24) is 10.9 Å². The van der Waals surface area contributed by atoms with Crippen LogP contribution in [-0.4, -0.2) is 31.1 Å². The lowest BCUT2D eigenvalue weighted by atomic mass is 10.2. The molecule has 1 unspecified atom stereocenters. The van der Waals surface area contributed by atoms with Gasteiger partial charge in [0.25, 0.3) is 11.8 Å². The number of hydrogen-bond donors (Lipinski definition) is 2. The van der Waals surface area contributed by atoms with Crippen LogP contribution in [0.4, 0.5) is 0 Å². The fourth-order valence-electron chi connectivity index (χ4n) is 2.59. The number of nitrogens with one attached hydrogen (secondary N) is 2. The number of halogens is 1. The van der Waals surface area contributed by atoms with Crippen LogP contribution < -0.4 is 15.6 Å². The van der Waals surface area contributed by atoms with E-state index in [0.29, 0.717) is 22.9 Å². The number of ether oxygens (including phenoxy) is 2. The number of rotatable bonds is 5. The van der Waals surface area contributed by atoms with E-state index in [1.807, 2.05) is 0 Å². The van der Waals surface area contributed by atoms with E-state index < -0.39 is 11.8 Å². The van der Waals surface area contributed by atoms with E-state index in [2.05, 4.69) is 10.9 Å². The van der Waals surface area contributed by atoms with Crippen molar-refractivity contribution < 1.29 is 19.1 Å². The molecular formula is C19H19ClN2O4. The highest BCUT2D eigenvalue weighted by Crippen LogP contribution is 2.17. The molecule has 2 aromatic rings. The van der Waals surface area contributed by atoms with Gasteiger partial charge in [-0.1, -0.05) is 29.8 Å². The molecule has 6 nitrogen and oxygen atoms in total. The Hall–Kier alpha value is -2.57. The molecule has 0 bridgehead atoms. The lowest BCUT2D eigenvalue weighted by molar-refractivity contribution is 0.0679. The van der Waals surface area contributed by atoms with E-state index in [1.54, 1.807) is 48.5 Å². The highest BCUT2D eigenvalue weighted by atomic mass is 35.5. The topological polar surface area (TPSA) is 76.7 Å². The van der Waals surface area contributed by atoms with Gasteiger partial charge in [-0.2, -0.15) is 0 Å². The third kappa shape index (κ3) is 4.74. The van der Waals surface area contributed by atoms with Crippen molar-refractivity contribution in [3.63, 3.8) is 0 Å². The highest BCUT2D eigenvalue weighted by Gasteiger charge is 2.16. The van der Waals surface area contributed by atoms with Gasteiger partial charge in [0.15, 0.2) is 0 Å². The van der Waals surface area contributed by atoms with Crippen LogP contribution in [0.2, 0.25) is 5.02 Å². The van der Waals surface area contributed by atoms with Crippen molar-refractivity contribution in [2.24, 2.45) is 0 Å². The van der Waals surface area contributed by atoms with Gasteiger partial charge in [0.1, 0.15) is 12.4 Å². The van der Waals surface area contributed by atoms with Crippen molar-refractivity contribution >= 4 is 23.4 Å². The molecule has 1 heterocycles. The van der Waals surface area contributed by atoms with Crippen LogP contribution in [0.15, 0.2) is 48.5 Å². The molecule has 136 valence electrons. The minimum absolute atomic E-state index is 0.0994. The summed E-state index contributed by atoms with van der Waals surface area (Å²) >= 11 is 5.96. The largest absolute Gasteiger partial charge is 0.491 e. The predicted octanol–water partition coefficient (Wildman–Crippen LogP) is 2.97. The zero-order valence-electron chi connectivity index (χ0n) is 14.0. The molecule has 3 rings (SSSR count). The number of amides is 2. The summed E-state index contributed by atoms with van der Waals surface area (Å²) in [7, 11) is 0. The average molecular weight is 375 g/mol. The maximum atomic E-state index is 12.2. The zero-order chi connectivity index (χ0) is 18.4. The third-order valence-corrected chi connectivity index (χ3v) is 4.29. The van der Waals surface area contributed by atoms with Crippen molar-refractivity contribution in [2.45, 2.75) is 18.9 Å². The molecule has 0 radical (unpaired) electrons. The molecule has 1 atom stereocenters.